The predicted octanol–water partition coefficient (Wildman–Crippen LogP) is -0.699. The molecule has 0 aromatic heterocycles. The van der Waals surface area contributed by atoms with Gasteiger partial charge in [0, 0.05) is 14.2 Å². The number of rotatable bonds is 4. The Labute approximate surface area is 78.0 Å². The number of likely N-dealkylation sites (N-methyl/N-ethyl adjacent to an activating group) is 1. The van der Waals surface area contributed by atoms with E-state index in [0.717, 1.165) is 6.54 Å². The molecule has 0 aliphatic carbocycles. The summed E-state index contributed by atoms with van der Waals surface area (Å²) in [5, 5.41) is 12.8. The first kappa shape index (κ1) is 10.9. The molecule has 0 aromatic rings. The van der Waals surface area contributed by atoms with E-state index in [1.54, 1.807) is 7.11 Å². The first-order valence-electron chi connectivity index (χ1n) is 4.37. The van der Waals surface area contributed by atoms with Crippen molar-refractivity contribution in [3.8, 4) is 0 Å². The molecule has 2 N–H and O–H groups in total. The normalized spacial score (nSPS) is 39.7. The Bertz CT molecular complexity index is 153. The molecule has 4 unspecified atom stereocenters. The lowest BCUT2D eigenvalue weighted by molar-refractivity contribution is -0.200. The molecule has 0 radical (unpaired) electrons. The Hall–Kier alpha value is -0.200. The maximum absolute atomic E-state index is 9.69. The molecular weight excluding hydrogens is 174 g/mol. The fourth-order valence-corrected chi connectivity index (χ4v) is 1.48. The van der Waals surface area contributed by atoms with Gasteiger partial charge in [-0.2, -0.15) is 0 Å². The van der Waals surface area contributed by atoms with Crippen molar-refractivity contribution in [1.82, 2.24) is 5.32 Å². The molecule has 0 spiro atoms. The lowest BCUT2D eigenvalue weighted by Gasteiger charge is -2.18. The van der Waals surface area contributed by atoms with Crippen LogP contribution in [0.15, 0.2) is 0 Å². The molecule has 0 amide bonds. The Morgan fingerprint density at radius 3 is 2.38 bits per heavy atom. The number of ether oxygens (including phenoxy) is 3. The zero-order chi connectivity index (χ0) is 9.84. The van der Waals surface area contributed by atoms with Crippen LogP contribution in [-0.2, 0) is 14.2 Å². The summed E-state index contributed by atoms with van der Waals surface area (Å²) in [5.41, 5.74) is 0. The Morgan fingerprint density at radius 2 is 1.92 bits per heavy atom. The second-order valence-corrected chi connectivity index (χ2v) is 2.92. The van der Waals surface area contributed by atoms with E-state index in [0.29, 0.717) is 0 Å². The van der Waals surface area contributed by atoms with Crippen molar-refractivity contribution in [3.05, 3.63) is 0 Å². The van der Waals surface area contributed by atoms with Crippen LogP contribution in [0.1, 0.15) is 6.92 Å². The molecule has 1 heterocycles. The van der Waals surface area contributed by atoms with E-state index >= 15 is 0 Å². The average Bonchev–Trinajstić information content (AvgIpc) is 2.45. The smallest absolute Gasteiger partial charge is 0.187 e. The largest absolute Gasteiger partial charge is 0.386 e. The molecule has 1 fully saturated rings. The number of hydrogen-bond donors (Lipinski definition) is 2. The summed E-state index contributed by atoms with van der Waals surface area (Å²) in [4.78, 5) is 0. The third kappa shape index (κ3) is 2.18. The average molecular weight is 191 g/mol. The van der Waals surface area contributed by atoms with Gasteiger partial charge in [-0.3, -0.25) is 0 Å². The molecular formula is C8H17NO4. The van der Waals surface area contributed by atoms with Gasteiger partial charge >= 0.3 is 0 Å². The molecule has 1 aliphatic heterocycles. The molecule has 1 aliphatic rings. The minimum absolute atomic E-state index is 0.222. The lowest BCUT2D eigenvalue weighted by atomic mass is 10.2. The van der Waals surface area contributed by atoms with Gasteiger partial charge in [-0.05, 0) is 6.54 Å². The van der Waals surface area contributed by atoms with Crippen molar-refractivity contribution in [2.24, 2.45) is 0 Å². The van der Waals surface area contributed by atoms with E-state index in [1.807, 2.05) is 6.92 Å². The van der Waals surface area contributed by atoms with Crippen molar-refractivity contribution in [3.63, 3.8) is 0 Å². The van der Waals surface area contributed by atoms with Crippen LogP contribution in [-0.4, -0.2) is 50.6 Å². The summed E-state index contributed by atoms with van der Waals surface area (Å²) < 4.78 is 15.3. The highest BCUT2D eigenvalue weighted by Crippen LogP contribution is 2.21. The van der Waals surface area contributed by atoms with Gasteiger partial charge in [0.15, 0.2) is 12.6 Å². The van der Waals surface area contributed by atoms with Gasteiger partial charge in [0.25, 0.3) is 0 Å². The number of aliphatic hydroxyl groups is 1. The molecule has 4 atom stereocenters. The van der Waals surface area contributed by atoms with Crippen molar-refractivity contribution in [2.45, 2.75) is 31.6 Å². The number of methoxy groups -OCH3 is 2. The van der Waals surface area contributed by atoms with Gasteiger partial charge in [-0.25, -0.2) is 0 Å². The van der Waals surface area contributed by atoms with Crippen LogP contribution in [0.2, 0.25) is 0 Å². The quantitative estimate of drug-likeness (QED) is 0.615. The van der Waals surface area contributed by atoms with Crippen LogP contribution < -0.4 is 5.32 Å². The first-order chi connectivity index (χ1) is 6.24. The molecule has 13 heavy (non-hydrogen) atoms. The van der Waals surface area contributed by atoms with Gasteiger partial charge in [0.05, 0.1) is 6.04 Å². The number of aliphatic hydroxyl groups excluding tert-OH is 1. The Morgan fingerprint density at radius 1 is 1.31 bits per heavy atom. The summed E-state index contributed by atoms with van der Waals surface area (Å²) in [6.07, 6.45) is -1.73. The third-order valence-corrected chi connectivity index (χ3v) is 2.11. The van der Waals surface area contributed by atoms with E-state index in [9.17, 15) is 5.11 Å². The highest BCUT2D eigenvalue weighted by Gasteiger charge is 2.43. The maximum Gasteiger partial charge on any atom is 0.187 e. The molecule has 0 aromatic carbocycles. The van der Waals surface area contributed by atoms with Crippen molar-refractivity contribution in [1.29, 1.82) is 0 Å². The second-order valence-electron chi connectivity index (χ2n) is 2.92. The monoisotopic (exact) mass is 191 g/mol. The summed E-state index contributed by atoms with van der Waals surface area (Å²) in [6, 6.07) is -0.222. The van der Waals surface area contributed by atoms with Crippen LogP contribution in [0, 0.1) is 0 Å². The van der Waals surface area contributed by atoms with Crippen LogP contribution in [0.4, 0.5) is 0 Å². The zero-order valence-corrected chi connectivity index (χ0v) is 8.19. The van der Waals surface area contributed by atoms with Crippen LogP contribution in [0.3, 0.4) is 0 Å². The van der Waals surface area contributed by atoms with Crippen LogP contribution in [0.5, 0.6) is 0 Å². The van der Waals surface area contributed by atoms with Gasteiger partial charge in [0.2, 0.25) is 0 Å². The molecule has 5 nitrogen and oxygen atoms in total. The van der Waals surface area contributed by atoms with E-state index in [4.69, 9.17) is 14.2 Å². The van der Waals surface area contributed by atoms with Crippen molar-refractivity contribution >= 4 is 0 Å². The van der Waals surface area contributed by atoms with E-state index in [2.05, 4.69) is 5.32 Å². The highest BCUT2D eigenvalue weighted by atomic mass is 16.8. The first-order valence-corrected chi connectivity index (χ1v) is 4.37. The van der Waals surface area contributed by atoms with Gasteiger partial charge in [-0.1, -0.05) is 6.92 Å². The van der Waals surface area contributed by atoms with E-state index < -0.39 is 18.7 Å². The SMILES string of the molecule is CCNC1C(OC)OC(OC)C1O. The maximum atomic E-state index is 9.69. The van der Waals surface area contributed by atoms with Crippen LogP contribution in [0.25, 0.3) is 0 Å². The molecule has 1 saturated heterocycles. The standard InChI is InChI=1S/C8H17NO4/c1-4-9-5-6(10)8(12-3)13-7(5)11-2/h5-10H,4H2,1-3H3. The molecule has 78 valence electrons. The van der Waals surface area contributed by atoms with E-state index in [1.165, 1.54) is 7.11 Å². The van der Waals surface area contributed by atoms with Crippen LogP contribution >= 0.6 is 0 Å². The van der Waals surface area contributed by atoms with Gasteiger partial charge in [0.1, 0.15) is 6.10 Å². The molecule has 0 bridgehead atoms. The van der Waals surface area contributed by atoms with Crippen molar-refractivity contribution in [2.75, 3.05) is 20.8 Å². The molecule has 1 rings (SSSR count). The highest BCUT2D eigenvalue weighted by molar-refractivity contribution is 4.87. The Kier molecular flexibility index (Phi) is 4.08. The van der Waals surface area contributed by atoms with Gasteiger partial charge < -0.3 is 24.6 Å². The third-order valence-electron chi connectivity index (χ3n) is 2.11. The minimum Gasteiger partial charge on any atom is -0.386 e. The topological polar surface area (TPSA) is 60.0 Å². The predicted molar refractivity (Wildman–Crippen MR) is 46.2 cm³/mol. The summed E-state index contributed by atoms with van der Waals surface area (Å²) in [7, 11) is 3.04. The minimum atomic E-state index is -0.685. The summed E-state index contributed by atoms with van der Waals surface area (Å²) in [5.74, 6) is 0. The Balaban J connectivity index is 2.56. The summed E-state index contributed by atoms with van der Waals surface area (Å²) in [6.45, 7) is 2.71. The summed E-state index contributed by atoms with van der Waals surface area (Å²) >= 11 is 0. The van der Waals surface area contributed by atoms with Crippen molar-refractivity contribution < 1.29 is 19.3 Å². The van der Waals surface area contributed by atoms with Gasteiger partial charge in [-0.15, -0.1) is 0 Å². The molecule has 5 heteroatoms. The number of nitrogens with one attached hydrogen (secondary N) is 1. The molecule has 0 saturated carbocycles. The lowest BCUT2D eigenvalue weighted by Crippen LogP contribution is -2.45. The fraction of sp³-hybridized carbons (Fsp3) is 1.00. The zero-order valence-electron chi connectivity index (χ0n) is 8.19. The van der Waals surface area contributed by atoms with E-state index in [-0.39, 0.29) is 6.04 Å². The fourth-order valence-electron chi connectivity index (χ4n) is 1.48. The second kappa shape index (κ2) is 4.88. The number of hydrogen-bond acceptors (Lipinski definition) is 5.